The van der Waals surface area contributed by atoms with Gasteiger partial charge < -0.3 is 10.1 Å². The third-order valence-corrected chi connectivity index (χ3v) is 2.50. The molecule has 0 spiro atoms. The van der Waals surface area contributed by atoms with Crippen molar-refractivity contribution in [2.24, 2.45) is 5.92 Å². The summed E-state index contributed by atoms with van der Waals surface area (Å²) in [6, 6.07) is 8.18. The molecule has 0 fully saturated rings. The second-order valence-corrected chi connectivity index (χ2v) is 4.66. The number of benzene rings is 1. The standard InChI is InChI=1S/C16H23NO/c1-4-5-8-11-18-16-10-7-6-9-15(16)13-17-12-14(2)3/h6-7,9-10,14,17H,8,11-13H2,1-3H3. The predicted octanol–water partition coefficient (Wildman–Crippen LogP) is 3.22. The Hall–Kier alpha value is -1.46. The van der Waals surface area contributed by atoms with E-state index in [4.69, 9.17) is 4.74 Å². The summed E-state index contributed by atoms with van der Waals surface area (Å²) in [5.41, 5.74) is 1.21. The average Bonchev–Trinajstić information content (AvgIpc) is 2.36. The number of ether oxygens (including phenoxy) is 1. The van der Waals surface area contributed by atoms with Crippen LogP contribution < -0.4 is 10.1 Å². The van der Waals surface area contributed by atoms with Gasteiger partial charge in [-0.25, -0.2) is 0 Å². The lowest BCUT2D eigenvalue weighted by molar-refractivity contribution is 0.322. The molecule has 0 saturated heterocycles. The smallest absolute Gasteiger partial charge is 0.123 e. The molecule has 2 nitrogen and oxygen atoms in total. The van der Waals surface area contributed by atoms with Crippen LogP contribution in [-0.4, -0.2) is 13.2 Å². The van der Waals surface area contributed by atoms with Crippen molar-refractivity contribution >= 4 is 0 Å². The number of rotatable bonds is 7. The summed E-state index contributed by atoms with van der Waals surface area (Å²) in [5.74, 6) is 7.51. The first kappa shape index (κ1) is 14.6. The van der Waals surface area contributed by atoms with Gasteiger partial charge in [-0.05, 0) is 25.5 Å². The maximum atomic E-state index is 5.75. The van der Waals surface area contributed by atoms with Crippen LogP contribution in [-0.2, 0) is 6.54 Å². The van der Waals surface area contributed by atoms with Crippen LogP contribution in [0.1, 0.15) is 32.8 Å². The average molecular weight is 245 g/mol. The van der Waals surface area contributed by atoms with E-state index in [1.165, 1.54) is 5.56 Å². The zero-order chi connectivity index (χ0) is 13.2. The Kier molecular flexibility index (Phi) is 6.98. The van der Waals surface area contributed by atoms with Crippen LogP contribution in [0.5, 0.6) is 5.75 Å². The predicted molar refractivity (Wildman–Crippen MR) is 76.5 cm³/mol. The molecule has 0 aliphatic heterocycles. The minimum absolute atomic E-state index is 0.655. The maximum absolute atomic E-state index is 5.75. The van der Waals surface area contributed by atoms with E-state index in [1.807, 2.05) is 25.1 Å². The first-order valence-electron chi connectivity index (χ1n) is 6.55. The van der Waals surface area contributed by atoms with Crippen LogP contribution in [0, 0.1) is 17.8 Å². The lowest BCUT2D eigenvalue weighted by Gasteiger charge is -2.12. The molecule has 0 heterocycles. The summed E-state index contributed by atoms with van der Waals surface area (Å²) in [7, 11) is 0. The second-order valence-electron chi connectivity index (χ2n) is 4.66. The van der Waals surface area contributed by atoms with E-state index < -0.39 is 0 Å². The fourth-order valence-electron chi connectivity index (χ4n) is 1.62. The van der Waals surface area contributed by atoms with E-state index >= 15 is 0 Å². The molecule has 0 amide bonds. The first-order chi connectivity index (χ1) is 8.74. The summed E-state index contributed by atoms with van der Waals surface area (Å²) in [6.45, 7) is 8.80. The molecule has 0 bridgehead atoms. The van der Waals surface area contributed by atoms with Crippen molar-refractivity contribution in [3.8, 4) is 17.6 Å². The van der Waals surface area contributed by atoms with Crippen molar-refractivity contribution in [3.05, 3.63) is 29.8 Å². The third kappa shape index (κ3) is 5.75. The number of hydrogen-bond donors (Lipinski definition) is 1. The molecular weight excluding hydrogens is 222 g/mol. The van der Waals surface area contributed by atoms with E-state index in [1.54, 1.807) is 0 Å². The molecule has 0 aliphatic carbocycles. The zero-order valence-corrected chi connectivity index (χ0v) is 11.6. The Labute approximate surface area is 111 Å². The largest absolute Gasteiger partial charge is 0.492 e. The van der Waals surface area contributed by atoms with Gasteiger partial charge in [0.15, 0.2) is 0 Å². The van der Waals surface area contributed by atoms with Gasteiger partial charge in [0, 0.05) is 18.5 Å². The molecule has 0 saturated carbocycles. The minimum Gasteiger partial charge on any atom is -0.492 e. The van der Waals surface area contributed by atoms with Crippen LogP contribution in [0.2, 0.25) is 0 Å². The summed E-state index contributed by atoms with van der Waals surface area (Å²) in [6.07, 6.45) is 0.782. The number of hydrogen-bond acceptors (Lipinski definition) is 2. The summed E-state index contributed by atoms with van der Waals surface area (Å²) in [5, 5.41) is 3.44. The fourth-order valence-corrected chi connectivity index (χ4v) is 1.62. The van der Waals surface area contributed by atoms with Gasteiger partial charge in [0.2, 0.25) is 0 Å². The van der Waals surface area contributed by atoms with E-state index in [-0.39, 0.29) is 0 Å². The quantitative estimate of drug-likeness (QED) is 0.588. The molecule has 0 radical (unpaired) electrons. The Bertz CT molecular complexity index is 401. The molecule has 1 aromatic rings. The molecule has 0 unspecified atom stereocenters. The molecule has 18 heavy (non-hydrogen) atoms. The van der Waals surface area contributed by atoms with Crippen LogP contribution in [0.4, 0.5) is 0 Å². The van der Waals surface area contributed by atoms with E-state index in [2.05, 4.69) is 37.1 Å². The molecule has 2 heteroatoms. The van der Waals surface area contributed by atoms with Crippen LogP contribution in [0.15, 0.2) is 24.3 Å². The summed E-state index contributed by atoms with van der Waals surface area (Å²) >= 11 is 0. The molecular formula is C16H23NO. The van der Waals surface area contributed by atoms with Gasteiger partial charge >= 0.3 is 0 Å². The number of para-hydroxylation sites is 1. The molecule has 0 aromatic heterocycles. The van der Waals surface area contributed by atoms with Crippen molar-refractivity contribution in [2.45, 2.75) is 33.7 Å². The van der Waals surface area contributed by atoms with Gasteiger partial charge in [-0.15, -0.1) is 11.8 Å². The molecule has 1 aromatic carbocycles. The van der Waals surface area contributed by atoms with Gasteiger partial charge in [0.1, 0.15) is 5.75 Å². The van der Waals surface area contributed by atoms with E-state index in [9.17, 15) is 0 Å². The highest BCUT2D eigenvalue weighted by molar-refractivity contribution is 5.33. The highest BCUT2D eigenvalue weighted by atomic mass is 16.5. The van der Waals surface area contributed by atoms with Gasteiger partial charge in [0.25, 0.3) is 0 Å². The van der Waals surface area contributed by atoms with E-state index in [0.29, 0.717) is 12.5 Å². The number of nitrogens with one attached hydrogen (secondary N) is 1. The third-order valence-electron chi connectivity index (χ3n) is 2.50. The lowest BCUT2D eigenvalue weighted by Crippen LogP contribution is -2.19. The van der Waals surface area contributed by atoms with Crippen molar-refractivity contribution in [1.82, 2.24) is 5.32 Å². The lowest BCUT2D eigenvalue weighted by atomic mass is 10.2. The SMILES string of the molecule is CC#CCCOc1ccccc1CNCC(C)C. The van der Waals surface area contributed by atoms with Gasteiger partial charge in [-0.3, -0.25) is 0 Å². The maximum Gasteiger partial charge on any atom is 0.123 e. The summed E-state index contributed by atoms with van der Waals surface area (Å²) in [4.78, 5) is 0. The Morgan fingerprint density at radius 1 is 1.28 bits per heavy atom. The first-order valence-corrected chi connectivity index (χ1v) is 6.55. The van der Waals surface area contributed by atoms with Crippen molar-refractivity contribution in [2.75, 3.05) is 13.2 Å². The molecule has 1 rings (SSSR count). The normalized spacial score (nSPS) is 10.0. The van der Waals surface area contributed by atoms with E-state index in [0.717, 1.165) is 25.3 Å². The van der Waals surface area contributed by atoms with Gasteiger partial charge in [-0.2, -0.15) is 0 Å². The van der Waals surface area contributed by atoms with Crippen LogP contribution >= 0.6 is 0 Å². The van der Waals surface area contributed by atoms with Crippen molar-refractivity contribution in [3.63, 3.8) is 0 Å². The van der Waals surface area contributed by atoms with Crippen LogP contribution in [0.25, 0.3) is 0 Å². The fraction of sp³-hybridized carbons (Fsp3) is 0.500. The molecule has 0 aliphatic rings. The van der Waals surface area contributed by atoms with Gasteiger partial charge in [-0.1, -0.05) is 32.0 Å². The van der Waals surface area contributed by atoms with Crippen molar-refractivity contribution in [1.29, 1.82) is 0 Å². The monoisotopic (exact) mass is 245 g/mol. The highest BCUT2D eigenvalue weighted by Gasteiger charge is 2.02. The van der Waals surface area contributed by atoms with Crippen molar-refractivity contribution < 1.29 is 4.74 Å². The second kappa shape index (κ2) is 8.60. The Morgan fingerprint density at radius 2 is 2.06 bits per heavy atom. The summed E-state index contributed by atoms with van der Waals surface area (Å²) < 4.78 is 5.75. The topological polar surface area (TPSA) is 21.3 Å². The van der Waals surface area contributed by atoms with Gasteiger partial charge in [0.05, 0.1) is 6.61 Å². The Balaban J connectivity index is 2.47. The molecule has 1 N–H and O–H groups in total. The highest BCUT2D eigenvalue weighted by Crippen LogP contribution is 2.17. The molecule has 98 valence electrons. The Morgan fingerprint density at radius 3 is 2.78 bits per heavy atom. The molecule has 0 atom stereocenters. The minimum atomic E-state index is 0.655. The van der Waals surface area contributed by atoms with Crippen LogP contribution in [0.3, 0.4) is 0 Å². The zero-order valence-electron chi connectivity index (χ0n) is 11.6.